The molecule has 0 spiro atoms. The molecular formula is C17H25ClN2O. The van der Waals surface area contributed by atoms with E-state index in [1.54, 1.807) is 0 Å². The number of nitrogens with one attached hydrogen (secondary N) is 2. The first-order valence-electron chi connectivity index (χ1n) is 7.92. The van der Waals surface area contributed by atoms with Crippen LogP contribution in [0, 0.1) is 5.92 Å². The van der Waals surface area contributed by atoms with Gasteiger partial charge in [0.1, 0.15) is 0 Å². The first kappa shape index (κ1) is 16.3. The summed E-state index contributed by atoms with van der Waals surface area (Å²) in [6, 6.07) is 6.55. The average Bonchev–Trinajstić information content (AvgIpc) is 2.76. The fraction of sp³-hybridized carbons (Fsp3) is 0.588. The largest absolute Gasteiger partial charge is 0.352 e. The summed E-state index contributed by atoms with van der Waals surface area (Å²) in [5.74, 6) is 0.499. The van der Waals surface area contributed by atoms with E-state index in [1.165, 1.54) is 42.4 Å². The first-order valence-corrected chi connectivity index (χ1v) is 7.92. The van der Waals surface area contributed by atoms with E-state index in [0.717, 1.165) is 25.9 Å². The van der Waals surface area contributed by atoms with Gasteiger partial charge in [0.15, 0.2) is 0 Å². The molecule has 1 aliphatic heterocycles. The molecule has 0 aromatic heterocycles. The first-order chi connectivity index (χ1) is 9.83. The lowest BCUT2D eigenvalue weighted by molar-refractivity contribution is -0.125. The zero-order valence-corrected chi connectivity index (χ0v) is 13.3. The molecule has 2 aliphatic rings. The predicted octanol–water partition coefficient (Wildman–Crippen LogP) is 3.30. The Bertz CT molecular complexity index is 482. The van der Waals surface area contributed by atoms with Crippen molar-refractivity contribution in [3.8, 4) is 0 Å². The molecule has 1 amide bonds. The topological polar surface area (TPSA) is 41.1 Å². The van der Waals surface area contributed by atoms with E-state index in [0.29, 0.717) is 6.54 Å². The number of benzene rings is 1. The van der Waals surface area contributed by atoms with Crippen molar-refractivity contribution in [3.63, 3.8) is 0 Å². The molecule has 0 unspecified atom stereocenters. The molecular weight excluding hydrogens is 284 g/mol. The molecule has 0 saturated heterocycles. The van der Waals surface area contributed by atoms with Crippen LogP contribution in [0.1, 0.15) is 55.2 Å². The third-order valence-corrected chi connectivity index (χ3v) is 4.59. The second kappa shape index (κ2) is 7.81. The predicted molar refractivity (Wildman–Crippen MR) is 87.3 cm³/mol. The van der Waals surface area contributed by atoms with Gasteiger partial charge in [-0.1, -0.05) is 43.9 Å². The van der Waals surface area contributed by atoms with E-state index in [-0.39, 0.29) is 24.2 Å². The molecule has 1 aromatic rings. The summed E-state index contributed by atoms with van der Waals surface area (Å²) in [5.41, 5.74) is 3.99. The van der Waals surface area contributed by atoms with Crippen LogP contribution in [0.25, 0.3) is 0 Å². The van der Waals surface area contributed by atoms with Gasteiger partial charge in [0.2, 0.25) is 5.91 Å². The number of hydrogen-bond donors (Lipinski definition) is 2. The highest BCUT2D eigenvalue weighted by molar-refractivity contribution is 5.85. The van der Waals surface area contributed by atoms with Crippen LogP contribution in [-0.2, 0) is 24.4 Å². The Kier molecular flexibility index (Phi) is 6.07. The van der Waals surface area contributed by atoms with Crippen LogP contribution in [0.2, 0.25) is 0 Å². The zero-order chi connectivity index (χ0) is 13.8. The van der Waals surface area contributed by atoms with Gasteiger partial charge in [-0.05, 0) is 29.5 Å². The fourth-order valence-corrected chi connectivity index (χ4v) is 3.33. The summed E-state index contributed by atoms with van der Waals surface area (Å²) >= 11 is 0. The Morgan fingerprint density at radius 2 is 1.81 bits per heavy atom. The van der Waals surface area contributed by atoms with Crippen molar-refractivity contribution < 1.29 is 4.79 Å². The van der Waals surface area contributed by atoms with Gasteiger partial charge in [-0.2, -0.15) is 0 Å². The lowest BCUT2D eigenvalue weighted by Crippen LogP contribution is -2.30. The minimum Gasteiger partial charge on any atom is -0.352 e. The van der Waals surface area contributed by atoms with Gasteiger partial charge in [-0.25, -0.2) is 0 Å². The molecule has 21 heavy (non-hydrogen) atoms. The Balaban J connectivity index is 0.00000161. The number of hydrogen-bond acceptors (Lipinski definition) is 2. The molecule has 4 heteroatoms. The highest BCUT2D eigenvalue weighted by Crippen LogP contribution is 2.23. The van der Waals surface area contributed by atoms with Gasteiger partial charge in [0.25, 0.3) is 0 Å². The molecule has 1 heterocycles. The Morgan fingerprint density at radius 3 is 2.57 bits per heavy atom. The monoisotopic (exact) mass is 308 g/mol. The maximum Gasteiger partial charge on any atom is 0.223 e. The Labute approximate surface area is 133 Å². The van der Waals surface area contributed by atoms with E-state index in [1.807, 2.05) is 0 Å². The van der Waals surface area contributed by atoms with Gasteiger partial charge in [-0.15, -0.1) is 12.4 Å². The third-order valence-electron chi connectivity index (χ3n) is 4.59. The van der Waals surface area contributed by atoms with E-state index in [4.69, 9.17) is 0 Å². The molecule has 1 aliphatic carbocycles. The van der Waals surface area contributed by atoms with E-state index in [2.05, 4.69) is 28.8 Å². The lowest BCUT2D eigenvalue weighted by atomic mass is 9.99. The normalized spacial score (nSPS) is 18.5. The van der Waals surface area contributed by atoms with Crippen LogP contribution in [0.4, 0.5) is 0 Å². The van der Waals surface area contributed by atoms with Crippen molar-refractivity contribution in [1.82, 2.24) is 10.6 Å². The number of carbonyl (C=O) groups excluding carboxylic acids is 1. The molecule has 3 rings (SSSR count). The van der Waals surface area contributed by atoms with Crippen LogP contribution < -0.4 is 10.6 Å². The summed E-state index contributed by atoms with van der Waals surface area (Å²) in [5, 5.41) is 6.48. The lowest BCUT2D eigenvalue weighted by Gasteiger charge is -2.14. The molecule has 0 atom stereocenters. The van der Waals surface area contributed by atoms with Crippen LogP contribution in [-0.4, -0.2) is 5.91 Å². The molecule has 2 N–H and O–H groups in total. The zero-order valence-electron chi connectivity index (χ0n) is 12.5. The second-order valence-corrected chi connectivity index (χ2v) is 6.11. The minimum atomic E-state index is 0. The molecule has 0 radical (unpaired) electrons. The smallest absolute Gasteiger partial charge is 0.223 e. The Morgan fingerprint density at radius 1 is 1.10 bits per heavy atom. The second-order valence-electron chi connectivity index (χ2n) is 6.11. The summed E-state index contributed by atoms with van der Waals surface area (Å²) in [6.07, 6.45) is 7.15. The SMILES string of the molecule is Cl.O=C(NCc1ccc2c(c1)CNC2)C1CCCCCC1. The molecule has 0 bridgehead atoms. The van der Waals surface area contributed by atoms with E-state index in [9.17, 15) is 4.79 Å². The Hall–Kier alpha value is -1.06. The van der Waals surface area contributed by atoms with Crippen LogP contribution in [0.15, 0.2) is 18.2 Å². The number of carbonyl (C=O) groups is 1. The van der Waals surface area contributed by atoms with Gasteiger partial charge in [-0.3, -0.25) is 4.79 Å². The maximum atomic E-state index is 12.2. The van der Waals surface area contributed by atoms with Crippen molar-refractivity contribution in [1.29, 1.82) is 0 Å². The van der Waals surface area contributed by atoms with Crippen molar-refractivity contribution in [3.05, 3.63) is 34.9 Å². The molecule has 1 fully saturated rings. The summed E-state index contributed by atoms with van der Waals surface area (Å²) in [4.78, 5) is 12.2. The number of halogens is 1. The van der Waals surface area contributed by atoms with Crippen LogP contribution in [0.3, 0.4) is 0 Å². The van der Waals surface area contributed by atoms with Crippen molar-refractivity contribution in [2.75, 3.05) is 0 Å². The van der Waals surface area contributed by atoms with E-state index >= 15 is 0 Å². The summed E-state index contributed by atoms with van der Waals surface area (Å²) in [7, 11) is 0. The summed E-state index contributed by atoms with van der Waals surface area (Å²) in [6.45, 7) is 2.60. The minimum absolute atomic E-state index is 0. The molecule has 1 saturated carbocycles. The number of fused-ring (bicyclic) bond motifs is 1. The highest BCUT2D eigenvalue weighted by Gasteiger charge is 2.19. The van der Waals surface area contributed by atoms with Gasteiger partial charge < -0.3 is 10.6 Å². The van der Waals surface area contributed by atoms with Crippen molar-refractivity contribution in [2.45, 2.75) is 58.2 Å². The number of rotatable bonds is 3. The molecule has 116 valence electrons. The fourth-order valence-electron chi connectivity index (χ4n) is 3.33. The van der Waals surface area contributed by atoms with Gasteiger partial charge in [0, 0.05) is 25.6 Å². The van der Waals surface area contributed by atoms with Gasteiger partial charge in [0.05, 0.1) is 0 Å². The van der Waals surface area contributed by atoms with Crippen LogP contribution >= 0.6 is 12.4 Å². The quantitative estimate of drug-likeness (QED) is 0.841. The maximum absolute atomic E-state index is 12.2. The van der Waals surface area contributed by atoms with Crippen molar-refractivity contribution >= 4 is 18.3 Å². The average molecular weight is 309 g/mol. The number of amides is 1. The van der Waals surface area contributed by atoms with Crippen molar-refractivity contribution in [2.24, 2.45) is 5.92 Å². The molecule has 1 aromatic carbocycles. The standard InChI is InChI=1S/C17H24N2O.ClH/c20-17(14-5-3-1-2-4-6-14)19-10-13-7-8-15-11-18-12-16(15)9-13;/h7-9,14,18H,1-6,10-12H2,(H,19,20);1H. The molecule has 3 nitrogen and oxygen atoms in total. The highest BCUT2D eigenvalue weighted by atomic mass is 35.5. The summed E-state index contributed by atoms with van der Waals surface area (Å²) < 4.78 is 0. The van der Waals surface area contributed by atoms with E-state index < -0.39 is 0 Å². The van der Waals surface area contributed by atoms with Crippen LogP contribution in [0.5, 0.6) is 0 Å². The third kappa shape index (κ3) is 4.21. The van der Waals surface area contributed by atoms with Gasteiger partial charge >= 0.3 is 0 Å².